The quantitative estimate of drug-likeness (QED) is 0.449. The number of thiophene rings is 1. The van der Waals surface area contributed by atoms with E-state index in [0.29, 0.717) is 6.42 Å². The molecule has 33 heavy (non-hydrogen) atoms. The van der Waals surface area contributed by atoms with Crippen LogP contribution in [0.2, 0.25) is 0 Å². The third-order valence-electron chi connectivity index (χ3n) is 6.45. The lowest BCUT2D eigenvalue weighted by Crippen LogP contribution is -2.61. The van der Waals surface area contributed by atoms with Gasteiger partial charge in [0.25, 0.3) is 5.92 Å². The van der Waals surface area contributed by atoms with Crippen LogP contribution in [0, 0.1) is 18.7 Å². The standard InChI is InChI=1S/C25H25F3O4S/c1-13-2-3-15(21-23(31)24(32)22(30)19(12-29)25(21,27)28)10-16(13)11-18-8-9-20(33-18)14-4-6-17(26)7-5-14/h2-10,19,21-24,29-32H,11-12H2,1H3. The zero-order valence-electron chi connectivity index (χ0n) is 17.8. The van der Waals surface area contributed by atoms with Crippen molar-refractivity contribution < 1.29 is 33.6 Å². The number of aliphatic hydroxyl groups is 4. The average molecular weight is 479 g/mol. The molecule has 4 nitrogen and oxygen atoms in total. The van der Waals surface area contributed by atoms with Crippen molar-refractivity contribution in [2.24, 2.45) is 5.92 Å². The smallest absolute Gasteiger partial charge is 0.264 e. The average Bonchev–Trinajstić information content (AvgIpc) is 3.23. The first-order valence-corrected chi connectivity index (χ1v) is 11.4. The molecule has 2 aromatic carbocycles. The summed E-state index contributed by atoms with van der Waals surface area (Å²) < 4.78 is 43.5. The van der Waals surface area contributed by atoms with E-state index >= 15 is 8.78 Å². The van der Waals surface area contributed by atoms with Crippen LogP contribution in [-0.4, -0.2) is 51.3 Å². The van der Waals surface area contributed by atoms with Gasteiger partial charge in [-0.25, -0.2) is 13.2 Å². The van der Waals surface area contributed by atoms with Crippen molar-refractivity contribution in [2.75, 3.05) is 6.61 Å². The molecule has 1 aliphatic rings. The first-order valence-electron chi connectivity index (χ1n) is 10.6. The number of hydrogen-bond acceptors (Lipinski definition) is 5. The van der Waals surface area contributed by atoms with Gasteiger partial charge in [0.2, 0.25) is 0 Å². The van der Waals surface area contributed by atoms with Crippen molar-refractivity contribution in [3.8, 4) is 10.4 Å². The maximum absolute atomic E-state index is 15.2. The lowest BCUT2D eigenvalue weighted by molar-refractivity contribution is -0.232. The van der Waals surface area contributed by atoms with Crippen LogP contribution in [0.5, 0.6) is 0 Å². The molecule has 1 saturated carbocycles. The third kappa shape index (κ3) is 4.46. The van der Waals surface area contributed by atoms with Crippen molar-refractivity contribution >= 4 is 11.3 Å². The van der Waals surface area contributed by atoms with Crippen molar-refractivity contribution in [3.05, 3.63) is 82.0 Å². The minimum absolute atomic E-state index is 0.132. The highest BCUT2D eigenvalue weighted by Gasteiger charge is 2.60. The van der Waals surface area contributed by atoms with Gasteiger partial charge in [-0.05, 0) is 53.4 Å². The van der Waals surface area contributed by atoms with Crippen LogP contribution >= 0.6 is 11.3 Å². The number of hydrogen-bond donors (Lipinski definition) is 4. The largest absolute Gasteiger partial charge is 0.396 e. The molecule has 4 rings (SSSR count). The highest BCUT2D eigenvalue weighted by molar-refractivity contribution is 7.15. The Balaban J connectivity index is 1.64. The number of benzene rings is 2. The van der Waals surface area contributed by atoms with Gasteiger partial charge in [0.1, 0.15) is 11.9 Å². The summed E-state index contributed by atoms with van der Waals surface area (Å²) in [7, 11) is 0. The second-order valence-corrected chi connectivity index (χ2v) is 9.72. The molecule has 0 spiro atoms. The van der Waals surface area contributed by atoms with E-state index in [-0.39, 0.29) is 11.4 Å². The molecule has 176 valence electrons. The molecule has 0 radical (unpaired) electrons. The van der Waals surface area contributed by atoms with Gasteiger partial charge >= 0.3 is 0 Å². The highest BCUT2D eigenvalue weighted by atomic mass is 32.1. The van der Waals surface area contributed by atoms with Crippen molar-refractivity contribution in [1.29, 1.82) is 0 Å². The number of aryl methyl sites for hydroxylation is 1. The first-order chi connectivity index (χ1) is 15.6. The lowest BCUT2D eigenvalue weighted by Gasteiger charge is -2.45. The van der Waals surface area contributed by atoms with Crippen molar-refractivity contribution in [1.82, 2.24) is 0 Å². The zero-order chi connectivity index (χ0) is 23.9. The Morgan fingerprint density at radius 2 is 1.61 bits per heavy atom. The second-order valence-electron chi connectivity index (χ2n) is 8.55. The van der Waals surface area contributed by atoms with Crippen LogP contribution < -0.4 is 0 Å². The summed E-state index contributed by atoms with van der Waals surface area (Å²) in [6.45, 7) is 0.840. The Morgan fingerprint density at radius 1 is 0.909 bits per heavy atom. The van der Waals surface area contributed by atoms with E-state index < -0.39 is 42.7 Å². The Bertz CT molecular complexity index is 1120. The molecular weight excluding hydrogens is 453 g/mol. The van der Waals surface area contributed by atoms with Crippen LogP contribution in [0.15, 0.2) is 54.6 Å². The molecule has 5 atom stereocenters. The molecule has 0 saturated heterocycles. The normalized spacial score (nSPS) is 27.0. The van der Waals surface area contributed by atoms with Crippen LogP contribution in [0.4, 0.5) is 13.2 Å². The van der Waals surface area contributed by atoms with Gasteiger partial charge in [-0.1, -0.05) is 30.3 Å². The number of alkyl halides is 2. The molecule has 1 heterocycles. The Labute approximate surface area is 193 Å². The van der Waals surface area contributed by atoms with Gasteiger partial charge < -0.3 is 20.4 Å². The van der Waals surface area contributed by atoms with E-state index in [1.165, 1.54) is 29.5 Å². The van der Waals surface area contributed by atoms with E-state index in [4.69, 9.17) is 0 Å². The molecule has 3 aromatic rings. The van der Waals surface area contributed by atoms with E-state index in [1.54, 1.807) is 24.3 Å². The van der Waals surface area contributed by atoms with Crippen LogP contribution in [-0.2, 0) is 6.42 Å². The molecule has 1 aromatic heterocycles. The molecule has 0 aliphatic heterocycles. The van der Waals surface area contributed by atoms with Gasteiger partial charge in [0, 0.05) is 16.2 Å². The Kier molecular flexibility index (Phi) is 6.66. The van der Waals surface area contributed by atoms with E-state index in [2.05, 4.69) is 0 Å². The second kappa shape index (κ2) is 9.19. The summed E-state index contributed by atoms with van der Waals surface area (Å²) in [5.74, 6) is -7.60. The molecule has 4 N–H and O–H groups in total. The van der Waals surface area contributed by atoms with Gasteiger partial charge in [0.05, 0.1) is 30.7 Å². The lowest BCUT2D eigenvalue weighted by atomic mass is 9.70. The van der Waals surface area contributed by atoms with Crippen molar-refractivity contribution in [3.63, 3.8) is 0 Å². The topological polar surface area (TPSA) is 80.9 Å². The summed E-state index contributed by atoms with van der Waals surface area (Å²) >= 11 is 1.52. The van der Waals surface area contributed by atoms with Crippen LogP contribution in [0.1, 0.15) is 27.5 Å². The third-order valence-corrected chi connectivity index (χ3v) is 7.58. The Morgan fingerprint density at radius 3 is 2.27 bits per heavy atom. The highest BCUT2D eigenvalue weighted by Crippen LogP contribution is 2.48. The number of rotatable bonds is 5. The summed E-state index contributed by atoms with van der Waals surface area (Å²) in [5.41, 5.74) is 2.67. The van der Waals surface area contributed by atoms with E-state index in [0.717, 1.165) is 26.4 Å². The van der Waals surface area contributed by atoms with Gasteiger partial charge in [-0.3, -0.25) is 0 Å². The molecule has 0 amide bonds. The van der Waals surface area contributed by atoms with Gasteiger partial charge in [-0.15, -0.1) is 11.3 Å². The molecular formula is C25H25F3O4S. The fourth-order valence-electron chi connectivity index (χ4n) is 4.48. The fourth-order valence-corrected chi connectivity index (χ4v) is 5.51. The summed E-state index contributed by atoms with van der Waals surface area (Å²) in [6, 6.07) is 14.8. The SMILES string of the molecule is Cc1ccc(C2C(O)C(O)C(O)C(CO)C2(F)F)cc1Cc1ccc(-c2ccc(F)cc2)s1. The van der Waals surface area contributed by atoms with Crippen LogP contribution in [0.3, 0.4) is 0 Å². The summed E-state index contributed by atoms with van der Waals surface area (Å²) in [4.78, 5) is 1.94. The molecule has 8 heteroatoms. The summed E-state index contributed by atoms with van der Waals surface area (Å²) in [5, 5.41) is 39.9. The zero-order valence-corrected chi connectivity index (χ0v) is 18.6. The molecule has 5 unspecified atom stereocenters. The monoisotopic (exact) mass is 478 g/mol. The van der Waals surface area contributed by atoms with Crippen molar-refractivity contribution in [2.45, 2.75) is 43.5 Å². The fraction of sp³-hybridized carbons (Fsp3) is 0.360. The molecule has 1 aliphatic carbocycles. The van der Waals surface area contributed by atoms with E-state index in [1.807, 2.05) is 19.1 Å². The van der Waals surface area contributed by atoms with E-state index in [9.17, 15) is 24.8 Å². The minimum Gasteiger partial charge on any atom is -0.396 e. The van der Waals surface area contributed by atoms with Gasteiger partial charge in [-0.2, -0.15) is 0 Å². The Hall–Kier alpha value is -2.23. The maximum Gasteiger partial charge on any atom is 0.264 e. The number of aliphatic hydroxyl groups excluding tert-OH is 4. The first kappa shape index (κ1) is 23.9. The molecule has 1 fully saturated rings. The maximum atomic E-state index is 15.2. The van der Waals surface area contributed by atoms with Crippen LogP contribution in [0.25, 0.3) is 10.4 Å². The van der Waals surface area contributed by atoms with Gasteiger partial charge in [0.15, 0.2) is 0 Å². The summed E-state index contributed by atoms with van der Waals surface area (Å²) in [6.07, 6.45) is -5.15. The molecule has 0 bridgehead atoms. The minimum atomic E-state index is -3.63. The predicted octanol–water partition coefficient (Wildman–Crippen LogP) is 3.88. The predicted molar refractivity (Wildman–Crippen MR) is 120 cm³/mol. The number of halogens is 3.